The molecule has 2 aromatic heterocycles. The maximum absolute atomic E-state index is 13.1. The molecule has 12 heteroatoms. The number of pyridine rings is 2. The van der Waals surface area contributed by atoms with Gasteiger partial charge in [-0.05, 0) is 50.8 Å². The highest BCUT2D eigenvalue weighted by molar-refractivity contribution is 7.87. The van der Waals surface area contributed by atoms with Gasteiger partial charge in [0.05, 0.1) is 11.6 Å². The Morgan fingerprint density at radius 2 is 2.00 bits per heavy atom. The molecule has 6 N–H and O–H groups in total. The third-order valence-electron chi connectivity index (χ3n) is 6.12. The number of rotatable bonds is 10. The highest BCUT2D eigenvalue weighted by Crippen LogP contribution is 2.33. The van der Waals surface area contributed by atoms with Crippen LogP contribution in [0.25, 0.3) is 10.9 Å². The molecule has 36 heavy (non-hydrogen) atoms. The maximum atomic E-state index is 13.1. The SMILES string of the molecule is CC[C@@H]1CC(Nc2nc(N=C(N)/C=C(/C)N)cc3ncccc23)C[C@H](CC)N1S(=O)(=O)NCCC#N. The molecular formula is C24H35N9O2S. The van der Waals surface area contributed by atoms with Gasteiger partial charge in [0.15, 0.2) is 5.82 Å². The van der Waals surface area contributed by atoms with Crippen molar-refractivity contribution in [1.29, 1.82) is 5.26 Å². The first-order chi connectivity index (χ1) is 17.2. The molecule has 0 aliphatic carbocycles. The molecule has 1 aliphatic rings. The average molecular weight is 514 g/mol. The summed E-state index contributed by atoms with van der Waals surface area (Å²) in [5.41, 5.74) is 12.9. The van der Waals surface area contributed by atoms with Crippen LogP contribution in [0.1, 0.15) is 52.9 Å². The topological polar surface area (TPSA) is 175 Å². The second-order valence-corrected chi connectivity index (χ2v) is 10.6. The number of nitrogens with two attached hydrogens (primary N) is 2. The summed E-state index contributed by atoms with van der Waals surface area (Å²) in [6.07, 6.45) is 5.94. The van der Waals surface area contributed by atoms with Gasteiger partial charge in [0.25, 0.3) is 10.2 Å². The molecule has 1 saturated heterocycles. The molecule has 1 aliphatic heterocycles. The molecule has 1 unspecified atom stereocenters. The van der Waals surface area contributed by atoms with Crippen LogP contribution in [-0.2, 0) is 10.2 Å². The van der Waals surface area contributed by atoms with Gasteiger partial charge < -0.3 is 16.8 Å². The molecule has 0 radical (unpaired) electrons. The van der Waals surface area contributed by atoms with Gasteiger partial charge in [0.1, 0.15) is 11.7 Å². The molecule has 2 aromatic rings. The lowest BCUT2D eigenvalue weighted by molar-refractivity contribution is 0.159. The van der Waals surface area contributed by atoms with Crippen molar-refractivity contribution in [3.05, 3.63) is 36.2 Å². The lowest BCUT2D eigenvalue weighted by Gasteiger charge is -2.44. The number of hydrogen-bond donors (Lipinski definition) is 4. The maximum Gasteiger partial charge on any atom is 0.279 e. The van der Waals surface area contributed by atoms with E-state index in [2.05, 4.69) is 20.0 Å². The predicted molar refractivity (Wildman–Crippen MR) is 143 cm³/mol. The van der Waals surface area contributed by atoms with Crippen LogP contribution >= 0.6 is 0 Å². The molecule has 0 aromatic carbocycles. The van der Waals surface area contributed by atoms with Crippen molar-refractivity contribution in [2.45, 2.75) is 71.0 Å². The normalized spacial score (nSPS) is 21.9. The molecular weight excluding hydrogens is 478 g/mol. The third kappa shape index (κ3) is 6.69. The van der Waals surface area contributed by atoms with Gasteiger partial charge in [-0.2, -0.15) is 18.0 Å². The van der Waals surface area contributed by atoms with E-state index in [1.54, 1.807) is 29.6 Å². The minimum absolute atomic E-state index is 0.0101. The Balaban J connectivity index is 1.91. The Morgan fingerprint density at radius 3 is 2.61 bits per heavy atom. The standard InChI is InChI=1S/C24H35N9O2S/c1-4-18-13-17(14-19(5-2)33(18)36(34,35)29-11-7-9-25)30-24-20-8-6-10-28-21(20)15-23(32-24)31-22(27)12-16(3)26/h6,8,10,12,15,17-19,29H,4-5,7,11,13-14,26H2,1-3H3,(H3,27,30,31,32)/b16-12-/t17?,18-,19+. The summed E-state index contributed by atoms with van der Waals surface area (Å²) in [4.78, 5) is 13.5. The number of nitriles is 1. The van der Waals surface area contributed by atoms with Gasteiger partial charge in [-0.15, -0.1) is 0 Å². The fraction of sp³-hybridized carbons (Fsp3) is 0.500. The van der Waals surface area contributed by atoms with E-state index in [0.717, 1.165) is 10.9 Å². The molecule has 194 valence electrons. The molecule has 0 spiro atoms. The van der Waals surface area contributed by atoms with E-state index in [0.29, 0.717) is 43.0 Å². The van der Waals surface area contributed by atoms with Crippen LogP contribution in [0.4, 0.5) is 11.6 Å². The quantitative estimate of drug-likeness (QED) is 0.213. The number of fused-ring (bicyclic) bond motifs is 1. The molecule has 3 heterocycles. The average Bonchev–Trinajstić information content (AvgIpc) is 2.82. The van der Waals surface area contributed by atoms with Crippen molar-refractivity contribution in [2.24, 2.45) is 16.5 Å². The number of amidine groups is 1. The van der Waals surface area contributed by atoms with Gasteiger partial charge in [0.2, 0.25) is 0 Å². The summed E-state index contributed by atoms with van der Waals surface area (Å²) in [5, 5.41) is 13.2. The van der Waals surface area contributed by atoms with Crippen LogP contribution in [0, 0.1) is 11.3 Å². The molecule has 0 saturated carbocycles. The highest BCUT2D eigenvalue weighted by atomic mass is 32.2. The summed E-state index contributed by atoms with van der Waals surface area (Å²) in [7, 11) is -3.71. The van der Waals surface area contributed by atoms with Crippen LogP contribution in [-0.4, -0.2) is 53.2 Å². The number of aromatic nitrogens is 2. The van der Waals surface area contributed by atoms with Crippen molar-refractivity contribution in [2.75, 3.05) is 11.9 Å². The Morgan fingerprint density at radius 1 is 1.31 bits per heavy atom. The largest absolute Gasteiger partial charge is 0.402 e. The Hall–Kier alpha value is -3.27. The Bertz CT molecular complexity index is 1250. The third-order valence-corrected chi connectivity index (χ3v) is 7.84. The number of allylic oxidation sites excluding steroid dienone is 1. The van der Waals surface area contributed by atoms with Crippen molar-refractivity contribution in [1.82, 2.24) is 19.0 Å². The van der Waals surface area contributed by atoms with Gasteiger partial charge >= 0.3 is 0 Å². The lowest BCUT2D eigenvalue weighted by Crippen LogP contribution is -2.57. The van der Waals surface area contributed by atoms with E-state index in [1.807, 2.05) is 32.0 Å². The first-order valence-electron chi connectivity index (χ1n) is 12.1. The predicted octanol–water partition coefficient (Wildman–Crippen LogP) is 2.66. The van der Waals surface area contributed by atoms with Crippen LogP contribution in [0.3, 0.4) is 0 Å². The Labute approximate surface area is 212 Å². The van der Waals surface area contributed by atoms with Gasteiger partial charge in [0, 0.05) is 54.4 Å². The van der Waals surface area contributed by atoms with Crippen molar-refractivity contribution in [3.63, 3.8) is 0 Å². The van der Waals surface area contributed by atoms with Crippen LogP contribution in [0.15, 0.2) is 41.2 Å². The van der Waals surface area contributed by atoms with E-state index in [1.165, 1.54) is 0 Å². The molecule has 0 bridgehead atoms. The molecule has 0 amide bonds. The lowest BCUT2D eigenvalue weighted by atomic mass is 9.91. The summed E-state index contributed by atoms with van der Waals surface area (Å²) >= 11 is 0. The van der Waals surface area contributed by atoms with E-state index in [4.69, 9.17) is 21.7 Å². The van der Waals surface area contributed by atoms with Crippen LogP contribution in [0.2, 0.25) is 0 Å². The number of nitrogens with zero attached hydrogens (tertiary/aromatic N) is 5. The summed E-state index contributed by atoms with van der Waals surface area (Å²) in [6.45, 7) is 5.80. The second kappa shape index (κ2) is 12.1. The number of anilines is 1. The zero-order chi connectivity index (χ0) is 26.3. The molecule has 1 fully saturated rings. The summed E-state index contributed by atoms with van der Waals surface area (Å²) < 4.78 is 30.3. The number of aliphatic imine (C=N–C) groups is 1. The molecule has 11 nitrogen and oxygen atoms in total. The fourth-order valence-electron chi connectivity index (χ4n) is 4.59. The first kappa shape index (κ1) is 27.3. The van der Waals surface area contributed by atoms with E-state index in [9.17, 15) is 8.42 Å². The van der Waals surface area contributed by atoms with E-state index < -0.39 is 10.2 Å². The van der Waals surface area contributed by atoms with Gasteiger partial charge in [-0.3, -0.25) is 4.98 Å². The van der Waals surface area contributed by atoms with Crippen molar-refractivity contribution >= 4 is 38.6 Å². The smallest absolute Gasteiger partial charge is 0.279 e. The minimum atomic E-state index is -3.71. The number of nitrogens with one attached hydrogen (secondary N) is 2. The second-order valence-electron chi connectivity index (χ2n) is 8.90. The van der Waals surface area contributed by atoms with Gasteiger partial charge in [-0.25, -0.2) is 14.7 Å². The summed E-state index contributed by atoms with van der Waals surface area (Å²) in [5.74, 6) is 1.27. The Kier molecular flexibility index (Phi) is 9.19. The highest BCUT2D eigenvalue weighted by Gasteiger charge is 2.41. The fourth-order valence-corrected chi connectivity index (χ4v) is 6.36. The van der Waals surface area contributed by atoms with Crippen LogP contribution in [0.5, 0.6) is 0 Å². The first-order valence-corrected chi connectivity index (χ1v) is 13.6. The van der Waals surface area contributed by atoms with Crippen molar-refractivity contribution in [3.8, 4) is 6.07 Å². The van der Waals surface area contributed by atoms with E-state index in [-0.39, 0.29) is 36.9 Å². The number of hydrogen-bond acceptors (Lipinski definition) is 8. The molecule has 3 atom stereocenters. The minimum Gasteiger partial charge on any atom is -0.402 e. The zero-order valence-corrected chi connectivity index (χ0v) is 21.8. The van der Waals surface area contributed by atoms with E-state index >= 15 is 0 Å². The summed E-state index contributed by atoms with van der Waals surface area (Å²) in [6, 6.07) is 7.12. The van der Waals surface area contributed by atoms with Crippen LogP contribution < -0.4 is 21.5 Å². The monoisotopic (exact) mass is 513 g/mol. The zero-order valence-electron chi connectivity index (χ0n) is 21.0. The molecule has 3 rings (SSSR count). The van der Waals surface area contributed by atoms with Crippen molar-refractivity contribution < 1.29 is 8.42 Å². The number of piperidine rings is 1. The van der Waals surface area contributed by atoms with Gasteiger partial charge in [-0.1, -0.05) is 13.8 Å².